The van der Waals surface area contributed by atoms with E-state index in [-0.39, 0.29) is 25.6 Å². The van der Waals surface area contributed by atoms with Gasteiger partial charge in [-0.1, -0.05) is 300 Å². The highest BCUT2D eigenvalue weighted by Gasteiger charge is 2.53. The molecule has 10 heteroatoms. The normalized spacial score (nSPS) is 16.3. The molecule has 4 unspecified atom stereocenters. The van der Waals surface area contributed by atoms with Crippen molar-refractivity contribution >= 4 is 67.9 Å². The van der Waals surface area contributed by atoms with Crippen LogP contribution in [0.1, 0.15) is 152 Å². The predicted molar refractivity (Wildman–Crippen MR) is 469 cm³/mol. The number of benzene rings is 10. The van der Waals surface area contributed by atoms with Crippen molar-refractivity contribution in [3.05, 3.63) is 322 Å². The largest absolute Gasteiger partial charge is 0.379 e. The van der Waals surface area contributed by atoms with E-state index in [1.54, 1.807) is 5.57 Å². The highest BCUT2D eigenvalue weighted by atomic mass is 35.6. The average molecular weight is 1530 g/mol. The molecule has 3 nitrogen and oxygen atoms in total. The maximum Gasteiger partial charge on any atom is 0.191 e. The zero-order chi connectivity index (χ0) is 75.6. The summed E-state index contributed by atoms with van der Waals surface area (Å²) in [5.74, 6) is 0. The van der Waals surface area contributed by atoms with Gasteiger partial charge in [0, 0.05) is 45.3 Å². The summed E-state index contributed by atoms with van der Waals surface area (Å²) < 4.78 is 18.9. The summed E-state index contributed by atoms with van der Waals surface area (Å²) in [6.45, 7) is 38.4. The van der Waals surface area contributed by atoms with Crippen molar-refractivity contribution in [2.24, 2.45) is 0 Å². The fourth-order valence-corrected chi connectivity index (χ4v) is 31.6. The molecule has 7 aliphatic rings. The first-order chi connectivity index (χ1) is 50.3. The molecule has 0 N–H and O–H groups in total. The van der Waals surface area contributed by atoms with E-state index in [4.69, 9.17) is 36.4 Å². The van der Waals surface area contributed by atoms with Crippen LogP contribution in [-0.2, 0) is 26.7 Å². The lowest BCUT2D eigenvalue weighted by molar-refractivity contribution is 0.0209. The van der Waals surface area contributed by atoms with Crippen LogP contribution in [0.2, 0.25) is 58.4 Å². The Balaban J connectivity index is 0.000000130. The molecule has 7 aliphatic carbocycles. The molecule has 9 aromatic carbocycles. The van der Waals surface area contributed by atoms with Gasteiger partial charge in [0.25, 0.3) is 0 Å². The highest BCUT2D eigenvalue weighted by molar-refractivity contribution is 7.21. The van der Waals surface area contributed by atoms with Crippen LogP contribution in [0.25, 0.3) is 61.7 Å². The number of hydrogen-bond acceptors (Lipinski definition) is 3. The van der Waals surface area contributed by atoms with E-state index >= 15 is 0 Å². The highest BCUT2D eigenvalue weighted by Crippen LogP contribution is 2.57. The lowest BCUT2D eigenvalue weighted by atomic mass is 10.1. The van der Waals surface area contributed by atoms with Crippen LogP contribution in [0.3, 0.4) is 0 Å². The SMILES string of the molecule is CC(C)(C)OC[Si](C)(Cl)C1c2ccccc2-c2ccccc21.CC(C)(C)OC[Si](C)(Cl)C1c2ccccc2-c2ccccc21.C[Si](C)(C)Cc1cc2cc[cH-]cc-2c1.C[Si](C)CCC1=Cc2ccccc2C1[Si](C)(COC(C)(C)C)C1c2ccccc2-c2ccccc21.c1ccc2c(c1)Cc1ccccc1-2. The Morgan fingerprint density at radius 1 is 0.396 bits per heavy atom. The molecular weight excluding hydrogens is 1410 g/mol. The minimum absolute atomic E-state index is 0.152. The van der Waals surface area contributed by atoms with E-state index in [2.05, 4.69) is 376 Å². The van der Waals surface area contributed by atoms with Crippen molar-refractivity contribution in [2.75, 3.05) is 18.7 Å². The van der Waals surface area contributed by atoms with Gasteiger partial charge < -0.3 is 14.2 Å². The molecular formula is C96H112Cl2O3Si5-. The minimum Gasteiger partial charge on any atom is -0.379 e. The number of allylic oxidation sites excluding steroid dienone is 1. The average Bonchev–Trinajstić information content (AvgIpc) is 1.56. The molecule has 0 saturated carbocycles. The van der Waals surface area contributed by atoms with Crippen LogP contribution in [-0.4, -0.2) is 75.2 Å². The van der Waals surface area contributed by atoms with Crippen LogP contribution < -0.4 is 0 Å². The first-order valence-electron chi connectivity index (χ1n) is 38.5. The van der Waals surface area contributed by atoms with E-state index in [1.807, 2.05) is 0 Å². The quantitative estimate of drug-likeness (QED) is 0.0582. The zero-order valence-corrected chi connectivity index (χ0v) is 72.6. The molecule has 1 radical (unpaired) electrons. The summed E-state index contributed by atoms with van der Waals surface area (Å²) in [5.41, 5.74) is 32.4. The monoisotopic (exact) mass is 1520 g/mol. The van der Waals surface area contributed by atoms with Gasteiger partial charge in [0.05, 0.1) is 29.3 Å². The summed E-state index contributed by atoms with van der Waals surface area (Å²) in [5, 5.41) is 0. The number of halogens is 2. The topological polar surface area (TPSA) is 27.7 Å². The van der Waals surface area contributed by atoms with Gasteiger partial charge in [0.15, 0.2) is 14.8 Å². The lowest BCUT2D eigenvalue weighted by Gasteiger charge is -2.43. The minimum atomic E-state index is -2.16. The van der Waals surface area contributed by atoms with Gasteiger partial charge in [-0.3, -0.25) is 0 Å². The van der Waals surface area contributed by atoms with Gasteiger partial charge in [-0.2, -0.15) is 46.4 Å². The Bertz CT molecular complexity index is 4510. The van der Waals surface area contributed by atoms with Crippen LogP contribution in [0.5, 0.6) is 0 Å². The van der Waals surface area contributed by atoms with E-state index < -0.39 is 30.9 Å². The number of fused-ring (bicyclic) bond motifs is 14. The summed E-state index contributed by atoms with van der Waals surface area (Å²) >= 11 is 14.2. The van der Waals surface area contributed by atoms with E-state index in [0.717, 1.165) is 12.7 Å². The predicted octanol–water partition coefficient (Wildman–Crippen LogP) is 26.8. The van der Waals surface area contributed by atoms with Gasteiger partial charge in [0.1, 0.15) is 8.07 Å². The smallest absolute Gasteiger partial charge is 0.191 e. The van der Waals surface area contributed by atoms with Crippen LogP contribution in [0, 0.1) is 0 Å². The molecule has 106 heavy (non-hydrogen) atoms. The van der Waals surface area contributed by atoms with Crippen LogP contribution in [0.15, 0.2) is 260 Å². The van der Waals surface area contributed by atoms with Crippen LogP contribution in [0.4, 0.5) is 0 Å². The Kier molecular flexibility index (Phi) is 24.0. The Labute approximate surface area is 651 Å². The lowest BCUT2D eigenvalue weighted by Crippen LogP contribution is -2.51. The molecule has 4 atom stereocenters. The number of ether oxygens (including phenoxy) is 3. The van der Waals surface area contributed by atoms with Gasteiger partial charge >= 0.3 is 0 Å². The third-order valence-corrected chi connectivity index (χ3v) is 35.9. The second-order valence-corrected chi connectivity index (χ2v) is 60.2. The van der Waals surface area contributed by atoms with Gasteiger partial charge in [-0.05, 0) is 181 Å². The fraction of sp³-hybridized carbons (Fsp3) is 0.323. The van der Waals surface area contributed by atoms with Gasteiger partial charge in [-0.15, -0.1) is 17.2 Å². The molecule has 16 rings (SSSR count). The van der Waals surface area contributed by atoms with Crippen molar-refractivity contribution in [3.63, 3.8) is 0 Å². The van der Waals surface area contributed by atoms with Crippen molar-refractivity contribution in [1.82, 2.24) is 0 Å². The third-order valence-electron chi connectivity index (χ3n) is 21.5. The van der Waals surface area contributed by atoms with E-state index in [0.29, 0.717) is 34.6 Å². The number of hydrogen-bond donors (Lipinski definition) is 0. The standard InChI is InChI=1S/C32H39OSi2.2C19H23ClOSi.C13H17Si.C13H10/c1-32(2,3)33-22-35(6,30-24(19-20-34(4)5)21-23-13-7-8-14-25(23)30)31-28-17-11-9-15-26(28)27-16-10-12-18-29(27)31;2*1-19(2,3)21-13-22(4,20)18-16-11-7-5-9-14(16)15-10-6-8-12-17(15)18;1-14(2,3)10-11-8-12-6-4-5-7-13(12)9-11;1-3-7-12-10(5-1)9-11-6-2-4-8-13(11)12/h7-18,21,30-31H,19-20,22H2,1-6H3;2*5-12,18H,13H2,1-4H3;4-9H,10H2,1-3H3;1-8H,9H2/q;;;-1;. The van der Waals surface area contributed by atoms with Crippen LogP contribution >= 0.6 is 22.2 Å². The second-order valence-electron chi connectivity index (χ2n) is 35.3. The Morgan fingerprint density at radius 3 is 1.11 bits per heavy atom. The van der Waals surface area contributed by atoms with Crippen molar-refractivity contribution in [1.29, 1.82) is 0 Å². The summed E-state index contributed by atoms with van der Waals surface area (Å²) in [6, 6.07) is 95.4. The van der Waals surface area contributed by atoms with Crippen molar-refractivity contribution < 1.29 is 14.2 Å². The molecule has 0 aromatic heterocycles. The summed E-state index contributed by atoms with van der Waals surface area (Å²) in [4.78, 5) is 0. The molecule has 549 valence electrons. The molecule has 9 aromatic rings. The van der Waals surface area contributed by atoms with E-state index in [1.165, 1.54) is 135 Å². The van der Waals surface area contributed by atoms with Gasteiger partial charge in [-0.25, -0.2) is 0 Å². The zero-order valence-electron chi connectivity index (χ0n) is 66.1. The molecule has 0 spiro atoms. The van der Waals surface area contributed by atoms with Gasteiger partial charge in [0.2, 0.25) is 0 Å². The first kappa shape index (κ1) is 78.7. The maximum atomic E-state index is 7.12. The molecule has 0 amide bonds. The second kappa shape index (κ2) is 32.3. The molecule has 0 heterocycles. The molecule has 0 bridgehead atoms. The maximum absolute atomic E-state index is 7.12. The Hall–Kier alpha value is -6.91. The molecule has 0 saturated heterocycles. The van der Waals surface area contributed by atoms with E-state index in [9.17, 15) is 0 Å². The third kappa shape index (κ3) is 18.2. The molecule has 0 aliphatic heterocycles. The molecule has 0 fully saturated rings. The van der Waals surface area contributed by atoms with Crippen molar-refractivity contribution in [3.8, 4) is 55.6 Å². The number of rotatable bonds is 15. The van der Waals surface area contributed by atoms with Crippen molar-refractivity contribution in [2.45, 2.75) is 179 Å². The summed E-state index contributed by atoms with van der Waals surface area (Å²) in [6.07, 6.45) is 7.04. The fourth-order valence-electron chi connectivity index (χ4n) is 16.8. The first-order valence-corrected chi connectivity index (χ1v) is 55.4. The Morgan fingerprint density at radius 2 is 0.736 bits per heavy atom. The summed E-state index contributed by atoms with van der Waals surface area (Å²) in [7, 11) is -7.67.